The van der Waals surface area contributed by atoms with Gasteiger partial charge in [-0.25, -0.2) is 4.98 Å². The van der Waals surface area contributed by atoms with Gasteiger partial charge in [0.15, 0.2) is 5.82 Å². The van der Waals surface area contributed by atoms with E-state index >= 15 is 0 Å². The molecule has 0 spiro atoms. The van der Waals surface area contributed by atoms with Crippen molar-refractivity contribution in [1.29, 1.82) is 0 Å². The van der Waals surface area contributed by atoms with Crippen molar-refractivity contribution >= 4 is 11.5 Å². The van der Waals surface area contributed by atoms with Gasteiger partial charge in [0.05, 0.1) is 0 Å². The Labute approximate surface area is 124 Å². The van der Waals surface area contributed by atoms with E-state index in [2.05, 4.69) is 16.4 Å². The second-order valence-electron chi connectivity index (χ2n) is 5.30. The van der Waals surface area contributed by atoms with Gasteiger partial charge in [0, 0.05) is 24.1 Å². The lowest BCUT2D eigenvalue weighted by Crippen LogP contribution is -2.24. The zero-order chi connectivity index (χ0) is 15.2. The van der Waals surface area contributed by atoms with Crippen molar-refractivity contribution < 1.29 is 0 Å². The van der Waals surface area contributed by atoms with Crippen LogP contribution in [-0.4, -0.2) is 16.1 Å². The normalized spacial score (nSPS) is 10.9. The minimum absolute atomic E-state index is 0.108. The molecule has 1 aromatic carbocycles. The van der Waals surface area contributed by atoms with Gasteiger partial charge in [-0.2, -0.15) is 0 Å². The molecule has 5 heteroatoms. The number of hydrogen-bond acceptors (Lipinski definition) is 4. The average Bonchev–Trinajstić information content (AvgIpc) is 2.47. The van der Waals surface area contributed by atoms with E-state index in [0.717, 1.165) is 18.5 Å². The maximum Gasteiger partial charge on any atom is 0.293 e. The Morgan fingerprint density at radius 3 is 2.90 bits per heavy atom. The van der Waals surface area contributed by atoms with Crippen molar-refractivity contribution in [2.24, 2.45) is 5.73 Å². The number of nitrogens with zero attached hydrogens (tertiary/aromatic N) is 2. The van der Waals surface area contributed by atoms with Gasteiger partial charge in [-0.1, -0.05) is 12.1 Å². The summed E-state index contributed by atoms with van der Waals surface area (Å²) in [6, 6.07) is 8.10. The first-order chi connectivity index (χ1) is 10.1. The second-order valence-corrected chi connectivity index (χ2v) is 5.30. The third-order valence-electron chi connectivity index (χ3n) is 3.28. The second kappa shape index (κ2) is 7.04. The minimum atomic E-state index is -0.111. The topological polar surface area (TPSA) is 72.9 Å². The van der Waals surface area contributed by atoms with Crippen molar-refractivity contribution in [2.75, 3.05) is 11.9 Å². The fourth-order valence-electron chi connectivity index (χ4n) is 2.16. The Kier molecular flexibility index (Phi) is 5.11. The summed E-state index contributed by atoms with van der Waals surface area (Å²) in [6.45, 7) is 4.62. The summed E-state index contributed by atoms with van der Waals surface area (Å²) in [7, 11) is 0. The van der Waals surface area contributed by atoms with Gasteiger partial charge in [0.1, 0.15) is 0 Å². The zero-order valence-electron chi connectivity index (χ0n) is 12.5. The van der Waals surface area contributed by atoms with Gasteiger partial charge in [-0.15, -0.1) is 0 Å². The third kappa shape index (κ3) is 3.92. The van der Waals surface area contributed by atoms with Crippen LogP contribution in [0.25, 0.3) is 0 Å². The van der Waals surface area contributed by atoms with Crippen LogP contribution >= 0.6 is 0 Å². The van der Waals surface area contributed by atoms with Gasteiger partial charge >= 0.3 is 0 Å². The molecule has 0 radical (unpaired) electrons. The average molecular weight is 286 g/mol. The van der Waals surface area contributed by atoms with E-state index in [9.17, 15) is 4.79 Å². The molecule has 2 aromatic rings. The molecule has 5 nitrogen and oxygen atoms in total. The molecule has 3 N–H and O–H groups in total. The van der Waals surface area contributed by atoms with Gasteiger partial charge in [0.2, 0.25) is 0 Å². The van der Waals surface area contributed by atoms with E-state index in [0.29, 0.717) is 12.4 Å². The zero-order valence-corrected chi connectivity index (χ0v) is 12.5. The molecule has 0 atom stereocenters. The van der Waals surface area contributed by atoms with Crippen LogP contribution in [0.4, 0.5) is 11.5 Å². The van der Waals surface area contributed by atoms with E-state index in [1.807, 2.05) is 32.0 Å². The number of nitrogens with two attached hydrogens (primary N) is 1. The largest absolute Gasteiger partial charge is 0.336 e. The van der Waals surface area contributed by atoms with Crippen LogP contribution in [-0.2, 0) is 6.42 Å². The fourth-order valence-corrected chi connectivity index (χ4v) is 2.16. The lowest BCUT2D eigenvalue weighted by atomic mass is 10.1. The summed E-state index contributed by atoms with van der Waals surface area (Å²) < 4.78 is 1.66. The molecule has 112 valence electrons. The minimum Gasteiger partial charge on any atom is -0.336 e. The van der Waals surface area contributed by atoms with Crippen LogP contribution in [0, 0.1) is 0 Å². The highest BCUT2D eigenvalue weighted by Gasteiger charge is 2.07. The first-order valence-electron chi connectivity index (χ1n) is 7.25. The molecule has 2 rings (SSSR count). The molecule has 21 heavy (non-hydrogen) atoms. The monoisotopic (exact) mass is 286 g/mol. The smallest absolute Gasteiger partial charge is 0.293 e. The summed E-state index contributed by atoms with van der Waals surface area (Å²) >= 11 is 0. The highest BCUT2D eigenvalue weighted by atomic mass is 16.1. The number of aromatic nitrogens is 2. The SMILES string of the molecule is CC(C)n1ccnc(Nc2cccc(CCCN)c2)c1=O. The van der Waals surface area contributed by atoms with Gasteiger partial charge in [-0.3, -0.25) is 4.79 Å². The predicted molar refractivity (Wildman–Crippen MR) is 86.0 cm³/mol. The standard InChI is InChI=1S/C16H22N4O/c1-12(2)20-10-9-18-15(16(20)21)19-14-7-3-5-13(11-14)6-4-8-17/h3,5,7,9-12H,4,6,8,17H2,1-2H3,(H,18,19). The number of aryl methyl sites for hydroxylation is 1. The molecule has 0 saturated carbocycles. The van der Waals surface area contributed by atoms with Crippen LogP contribution < -0.4 is 16.6 Å². The van der Waals surface area contributed by atoms with E-state index < -0.39 is 0 Å². The fraction of sp³-hybridized carbons (Fsp3) is 0.375. The van der Waals surface area contributed by atoms with Crippen LogP contribution in [0.15, 0.2) is 41.5 Å². The molecule has 0 bridgehead atoms. The Morgan fingerprint density at radius 2 is 2.19 bits per heavy atom. The van der Waals surface area contributed by atoms with Crippen LogP contribution in [0.2, 0.25) is 0 Å². The van der Waals surface area contributed by atoms with Gasteiger partial charge in [-0.05, 0) is 50.9 Å². The maximum absolute atomic E-state index is 12.3. The molecule has 0 aliphatic carbocycles. The molecule has 0 unspecified atom stereocenters. The Hall–Kier alpha value is -2.14. The number of anilines is 2. The molecular weight excluding hydrogens is 264 g/mol. The molecule has 1 heterocycles. The van der Waals surface area contributed by atoms with Crippen molar-refractivity contribution in [2.45, 2.75) is 32.7 Å². The Bertz CT molecular complexity index is 649. The molecule has 0 fully saturated rings. The number of nitrogens with one attached hydrogen (secondary N) is 1. The van der Waals surface area contributed by atoms with E-state index in [4.69, 9.17) is 5.73 Å². The highest BCUT2D eigenvalue weighted by molar-refractivity contribution is 5.56. The van der Waals surface area contributed by atoms with Crippen molar-refractivity contribution in [1.82, 2.24) is 9.55 Å². The maximum atomic E-state index is 12.3. The first kappa shape index (κ1) is 15.3. The summed E-state index contributed by atoms with van der Waals surface area (Å²) in [5.74, 6) is 0.349. The molecule has 0 saturated heterocycles. The Balaban J connectivity index is 2.22. The first-order valence-corrected chi connectivity index (χ1v) is 7.25. The predicted octanol–water partition coefficient (Wildman–Crippen LogP) is 2.46. The van der Waals surface area contributed by atoms with Crippen LogP contribution in [0.5, 0.6) is 0 Å². The van der Waals surface area contributed by atoms with Crippen LogP contribution in [0.1, 0.15) is 31.9 Å². The quantitative estimate of drug-likeness (QED) is 0.855. The molecular formula is C16H22N4O. The van der Waals surface area contributed by atoms with Crippen molar-refractivity contribution in [3.63, 3.8) is 0 Å². The van der Waals surface area contributed by atoms with Gasteiger partial charge in [0.25, 0.3) is 5.56 Å². The van der Waals surface area contributed by atoms with E-state index in [-0.39, 0.29) is 11.6 Å². The number of hydrogen-bond donors (Lipinski definition) is 2. The summed E-state index contributed by atoms with van der Waals surface area (Å²) in [5, 5.41) is 3.11. The molecule has 1 aromatic heterocycles. The number of benzene rings is 1. The lowest BCUT2D eigenvalue weighted by Gasteiger charge is -2.12. The van der Waals surface area contributed by atoms with Crippen LogP contribution in [0.3, 0.4) is 0 Å². The summed E-state index contributed by atoms with van der Waals surface area (Å²) in [4.78, 5) is 16.4. The van der Waals surface area contributed by atoms with E-state index in [1.54, 1.807) is 17.0 Å². The third-order valence-corrected chi connectivity index (χ3v) is 3.28. The lowest BCUT2D eigenvalue weighted by molar-refractivity contribution is 0.576. The van der Waals surface area contributed by atoms with Gasteiger partial charge < -0.3 is 15.6 Å². The number of rotatable bonds is 6. The Morgan fingerprint density at radius 1 is 1.38 bits per heavy atom. The summed E-state index contributed by atoms with van der Waals surface area (Å²) in [6.07, 6.45) is 5.23. The summed E-state index contributed by atoms with van der Waals surface area (Å²) in [5.41, 5.74) is 7.49. The molecule has 0 aliphatic rings. The highest BCUT2D eigenvalue weighted by Crippen LogP contribution is 2.15. The molecule has 0 aliphatic heterocycles. The van der Waals surface area contributed by atoms with E-state index in [1.165, 1.54) is 5.56 Å². The van der Waals surface area contributed by atoms with Crippen molar-refractivity contribution in [3.05, 3.63) is 52.6 Å². The van der Waals surface area contributed by atoms with Crippen molar-refractivity contribution in [3.8, 4) is 0 Å². The molecule has 0 amide bonds.